The maximum atomic E-state index is 5.49. The van der Waals surface area contributed by atoms with Gasteiger partial charge in [0.2, 0.25) is 0 Å². The van der Waals surface area contributed by atoms with Crippen LogP contribution in [0.2, 0.25) is 0 Å². The zero-order valence-electron chi connectivity index (χ0n) is 22.0. The molecule has 0 N–H and O–H groups in total. The fourth-order valence-corrected chi connectivity index (χ4v) is 5.97. The molecule has 5 rings (SSSR count). The molecule has 204 valence electrons. The summed E-state index contributed by atoms with van der Waals surface area (Å²) < 4.78 is 1.87. The quantitative estimate of drug-likeness (QED) is 0.183. The van der Waals surface area contributed by atoms with Gasteiger partial charge in [0.15, 0.2) is 0 Å². The van der Waals surface area contributed by atoms with Crippen molar-refractivity contribution < 1.29 is 10.9 Å². The van der Waals surface area contributed by atoms with Crippen molar-refractivity contribution in [2.45, 2.75) is 39.5 Å². The van der Waals surface area contributed by atoms with E-state index in [-0.39, 0.29) is 0 Å². The third kappa shape index (κ3) is 6.76. The molecule has 1 aliphatic carbocycles. The van der Waals surface area contributed by atoms with Crippen molar-refractivity contribution in [2.75, 3.05) is 0 Å². The van der Waals surface area contributed by atoms with Crippen LogP contribution in [0, 0.1) is 0 Å². The van der Waals surface area contributed by atoms with Crippen LogP contribution >= 0.6 is 60.3 Å². The Morgan fingerprint density at radius 3 is 1.28 bits per heavy atom. The van der Waals surface area contributed by atoms with Gasteiger partial charge < -0.3 is 0 Å². The molecule has 0 saturated carbocycles. The van der Waals surface area contributed by atoms with Gasteiger partial charge in [-0.25, -0.2) is 9.98 Å². The number of aliphatic imine (C=N–C) groups is 2. The van der Waals surface area contributed by atoms with E-state index in [9.17, 15) is 0 Å². The Morgan fingerprint density at radius 2 is 0.872 bits per heavy atom. The first-order valence-electron chi connectivity index (χ1n) is 12.5. The summed E-state index contributed by atoms with van der Waals surface area (Å²) in [5.74, 6) is 0.707. The Hall–Kier alpha value is -1.37. The predicted molar refractivity (Wildman–Crippen MR) is 179 cm³/mol. The number of para-hydroxylation sites is 2. The molecule has 0 unspecified atom stereocenters. The molecule has 0 aliphatic heterocycles. The fourth-order valence-electron chi connectivity index (χ4n) is 4.79. The molecule has 0 amide bonds. The van der Waals surface area contributed by atoms with E-state index in [2.05, 4.69) is 155 Å². The Labute approximate surface area is 268 Å². The van der Waals surface area contributed by atoms with Crippen molar-refractivity contribution in [3.8, 4) is 11.1 Å². The van der Waals surface area contributed by atoms with Crippen LogP contribution in [0.5, 0.6) is 0 Å². The SMILES string of the molecule is CC(C)c1cccc(C(C)C)c1N=C1C(=Nc2c(Br)cccc2Br)c2ccccc2-c2ccccc21.[Br][Ni][Br]. The van der Waals surface area contributed by atoms with Crippen molar-refractivity contribution in [1.29, 1.82) is 0 Å². The van der Waals surface area contributed by atoms with Crippen LogP contribution < -0.4 is 0 Å². The zero-order chi connectivity index (χ0) is 28.1. The summed E-state index contributed by atoms with van der Waals surface area (Å²) in [5.41, 5.74) is 10.8. The number of halogens is 4. The molecule has 7 heteroatoms. The summed E-state index contributed by atoms with van der Waals surface area (Å²) in [6, 6.07) is 29.7. The first-order chi connectivity index (χ1) is 18.8. The molecule has 0 saturated heterocycles. The standard InChI is InChI=1S/C32H28Br2N2.2BrH.Ni/c1-19(2)21-15-9-16-22(20(3)4)29(21)35-30-25-13-7-5-11-23(25)24-12-6-8-14-26(24)31(30)36-32-27(33)17-10-18-28(32)34;;;/h5-20H,1-4H3;2*1H;/q;;;+2/p-2. The summed E-state index contributed by atoms with van der Waals surface area (Å²) in [5, 5.41) is 0. The third-order valence-electron chi connectivity index (χ3n) is 6.61. The summed E-state index contributed by atoms with van der Waals surface area (Å²) in [4.78, 5) is 10.8. The first-order valence-corrected chi connectivity index (χ1v) is 19.0. The van der Waals surface area contributed by atoms with Crippen molar-refractivity contribution in [2.24, 2.45) is 9.98 Å². The van der Waals surface area contributed by atoms with Gasteiger partial charge in [-0.2, -0.15) is 0 Å². The maximum absolute atomic E-state index is 5.49. The summed E-state index contributed by atoms with van der Waals surface area (Å²) >= 11 is 13.4. The average Bonchev–Trinajstić information content (AvgIpc) is 2.92. The van der Waals surface area contributed by atoms with Crippen LogP contribution in [0.15, 0.2) is 104 Å². The zero-order valence-corrected chi connectivity index (χ0v) is 29.3. The number of fused-ring (bicyclic) bond motifs is 3. The van der Waals surface area contributed by atoms with E-state index in [0.29, 0.717) is 11.8 Å². The van der Waals surface area contributed by atoms with Gasteiger partial charge in [-0.3, -0.25) is 0 Å². The second-order valence-electron chi connectivity index (χ2n) is 9.72. The second-order valence-corrected chi connectivity index (χ2v) is 16.4. The molecule has 4 aromatic carbocycles. The van der Waals surface area contributed by atoms with E-state index in [1.54, 1.807) is 0 Å². The Morgan fingerprint density at radius 1 is 0.513 bits per heavy atom. The van der Waals surface area contributed by atoms with E-state index in [1.807, 2.05) is 18.2 Å². The van der Waals surface area contributed by atoms with Gasteiger partial charge in [0.25, 0.3) is 0 Å². The normalized spacial score (nSPS) is 14.4. The fraction of sp³-hybridized carbons (Fsp3) is 0.188. The van der Waals surface area contributed by atoms with E-state index >= 15 is 0 Å². The van der Waals surface area contributed by atoms with Gasteiger partial charge in [-0.15, -0.1) is 0 Å². The molecule has 0 aromatic heterocycles. The van der Waals surface area contributed by atoms with E-state index in [4.69, 9.17) is 9.98 Å². The molecule has 0 spiro atoms. The predicted octanol–water partition coefficient (Wildman–Crippen LogP) is 12.1. The molecule has 39 heavy (non-hydrogen) atoms. The van der Waals surface area contributed by atoms with E-state index in [1.165, 1.54) is 33.2 Å². The minimum absolute atomic E-state index is 0.354. The van der Waals surface area contributed by atoms with Crippen LogP contribution in [0.3, 0.4) is 0 Å². The van der Waals surface area contributed by atoms with Gasteiger partial charge in [-0.1, -0.05) is 100 Å². The molecule has 0 fully saturated rings. The molecular formula is C32H28Br4N2Ni. The molecule has 0 bridgehead atoms. The van der Waals surface area contributed by atoms with Gasteiger partial charge in [0.1, 0.15) is 0 Å². The third-order valence-corrected chi connectivity index (χ3v) is 7.89. The topological polar surface area (TPSA) is 24.7 Å². The Kier molecular flexibility index (Phi) is 11.0. The van der Waals surface area contributed by atoms with Gasteiger partial charge in [0, 0.05) is 20.1 Å². The molecular weight excluding hydrogens is 791 g/mol. The molecule has 2 nitrogen and oxygen atoms in total. The molecule has 1 aliphatic rings. The van der Waals surface area contributed by atoms with Crippen LogP contribution in [0.4, 0.5) is 11.4 Å². The molecule has 0 heterocycles. The van der Waals surface area contributed by atoms with E-state index in [0.717, 1.165) is 42.9 Å². The van der Waals surface area contributed by atoms with Crippen molar-refractivity contribution in [3.63, 3.8) is 0 Å². The van der Waals surface area contributed by atoms with Gasteiger partial charge in [0.05, 0.1) is 22.8 Å². The van der Waals surface area contributed by atoms with Gasteiger partial charge >= 0.3 is 39.3 Å². The number of rotatable bonds is 4. The second kappa shape index (κ2) is 14.0. The van der Waals surface area contributed by atoms with Crippen molar-refractivity contribution in [1.82, 2.24) is 0 Å². The molecule has 0 atom stereocenters. The van der Waals surface area contributed by atoms with Crippen LogP contribution in [-0.4, -0.2) is 11.4 Å². The summed E-state index contributed by atoms with van der Waals surface area (Å²) in [7, 11) is 1.25. The number of hydrogen-bond donors (Lipinski definition) is 0. The van der Waals surface area contributed by atoms with Gasteiger partial charge in [-0.05, 0) is 78.1 Å². The minimum atomic E-state index is 0.354. The van der Waals surface area contributed by atoms with Crippen molar-refractivity contribution in [3.05, 3.63) is 116 Å². The molecule has 0 radical (unpaired) electrons. The van der Waals surface area contributed by atoms with Crippen LogP contribution in [0.25, 0.3) is 11.1 Å². The average molecular weight is 819 g/mol. The Balaban J connectivity index is 0.00000112. The number of hydrogen-bond acceptors (Lipinski definition) is 2. The number of benzene rings is 4. The van der Waals surface area contributed by atoms with Crippen LogP contribution in [-0.2, 0) is 10.9 Å². The summed E-state index contributed by atoms with van der Waals surface area (Å²) in [6.07, 6.45) is 0. The summed E-state index contributed by atoms with van der Waals surface area (Å²) in [6.45, 7) is 8.95. The monoisotopic (exact) mass is 814 g/mol. The van der Waals surface area contributed by atoms with E-state index < -0.39 is 0 Å². The van der Waals surface area contributed by atoms with Crippen LogP contribution in [0.1, 0.15) is 61.8 Å². The molecule has 4 aromatic rings. The first kappa shape index (κ1) is 30.6. The number of nitrogens with zero attached hydrogens (tertiary/aromatic N) is 2. The van der Waals surface area contributed by atoms with Crippen molar-refractivity contribution >= 4 is 83.1 Å². The Bertz CT molecular complexity index is 1500.